The lowest BCUT2D eigenvalue weighted by atomic mass is 10.1. The molecule has 0 saturated carbocycles. The van der Waals surface area contributed by atoms with Crippen LogP contribution in [0.1, 0.15) is 25.3 Å². The molecule has 1 aliphatic rings. The van der Waals surface area contributed by atoms with Gasteiger partial charge in [0.1, 0.15) is 0 Å². The van der Waals surface area contributed by atoms with Gasteiger partial charge in [-0.05, 0) is 43.7 Å². The Hall–Kier alpha value is -0.660. The molecule has 90 valence electrons. The maximum Gasteiger partial charge on any atom is 0.0992 e. The molecule has 0 amide bonds. The Morgan fingerprint density at radius 3 is 3.00 bits per heavy atom. The van der Waals surface area contributed by atoms with Gasteiger partial charge in [-0.25, -0.2) is 0 Å². The molecule has 1 fully saturated rings. The quantitative estimate of drug-likeness (QED) is 0.916. The summed E-state index contributed by atoms with van der Waals surface area (Å²) in [5, 5.41) is 12.4. The first-order chi connectivity index (χ1) is 8.11. The summed E-state index contributed by atoms with van der Waals surface area (Å²) in [6.07, 6.45) is 2.58. The third-order valence-electron chi connectivity index (χ3n) is 2.99. The molecule has 1 unspecified atom stereocenters. The molecule has 1 atom stereocenters. The molecule has 1 aromatic carbocycles. The van der Waals surface area contributed by atoms with Crippen LogP contribution in [0.2, 0.25) is 0 Å². The summed E-state index contributed by atoms with van der Waals surface area (Å²) in [6.45, 7) is 3.26. The summed E-state index contributed by atoms with van der Waals surface area (Å²) in [5.74, 6) is 1.26. The van der Waals surface area contributed by atoms with Crippen molar-refractivity contribution in [3.63, 3.8) is 0 Å². The van der Waals surface area contributed by atoms with Crippen LogP contribution in [0.4, 0.5) is 5.69 Å². The Kier molecular flexibility index (Phi) is 4.01. The normalized spacial score (nSPS) is 23.4. The van der Waals surface area contributed by atoms with Crippen molar-refractivity contribution in [1.82, 2.24) is 0 Å². The van der Waals surface area contributed by atoms with Gasteiger partial charge >= 0.3 is 0 Å². The minimum Gasteiger partial charge on any atom is -0.384 e. The lowest BCUT2D eigenvalue weighted by Crippen LogP contribution is -2.27. The molecule has 17 heavy (non-hydrogen) atoms. The molecular formula is C13H15BrN2S. The average molecular weight is 311 g/mol. The van der Waals surface area contributed by atoms with Gasteiger partial charge in [-0.1, -0.05) is 15.9 Å². The van der Waals surface area contributed by atoms with Crippen molar-refractivity contribution < 1.29 is 0 Å². The van der Waals surface area contributed by atoms with Crippen LogP contribution in [0.25, 0.3) is 0 Å². The second-order valence-corrected chi connectivity index (χ2v) is 7.19. The largest absolute Gasteiger partial charge is 0.384 e. The third-order valence-corrected chi connectivity index (χ3v) is 4.99. The zero-order valence-electron chi connectivity index (χ0n) is 9.79. The third kappa shape index (κ3) is 3.40. The zero-order valence-corrected chi connectivity index (χ0v) is 12.2. The van der Waals surface area contributed by atoms with Crippen LogP contribution in [0.3, 0.4) is 0 Å². The fourth-order valence-electron chi connectivity index (χ4n) is 2.02. The van der Waals surface area contributed by atoms with E-state index in [0.717, 1.165) is 16.7 Å². The molecule has 2 rings (SSSR count). The number of hydrogen-bond acceptors (Lipinski definition) is 3. The lowest BCUT2D eigenvalue weighted by Gasteiger charge is -2.23. The topological polar surface area (TPSA) is 35.8 Å². The number of benzene rings is 1. The van der Waals surface area contributed by atoms with Crippen molar-refractivity contribution >= 4 is 33.4 Å². The number of nitrogens with zero attached hydrogens (tertiary/aromatic N) is 1. The Labute approximate surface area is 115 Å². The Morgan fingerprint density at radius 1 is 1.53 bits per heavy atom. The van der Waals surface area contributed by atoms with Crippen LogP contribution in [0.15, 0.2) is 22.7 Å². The predicted molar refractivity (Wildman–Crippen MR) is 77.4 cm³/mol. The number of thioether (sulfide) groups is 1. The predicted octanol–water partition coefficient (Wildman–Crippen LogP) is 4.02. The van der Waals surface area contributed by atoms with Crippen LogP contribution < -0.4 is 5.32 Å². The second-order valence-electron chi connectivity index (χ2n) is 4.60. The first-order valence-electron chi connectivity index (χ1n) is 5.70. The first kappa shape index (κ1) is 12.8. The van der Waals surface area contributed by atoms with Crippen LogP contribution in [-0.2, 0) is 0 Å². The van der Waals surface area contributed by atoms with E-state index in [9.17, 15) is 0 Å². The van der Waals surface area contributed by atoms with E-state index in [1.165, 1.54) is 18.6 Å². The number of hydrogen-bond donors (Lipinski definition) is 1. The van der Waals surface area contributed by atoms with Crippen molar-refractivity contribution in [2.24, 2.45) is 0 Å². The minimum absolute atomic E-state index is 0.342. The minimum atomic E-state index is 0.342. The fourth-order valence-corrected chi connectivity index (χ4v) is 3.76. The van der Waals surface area contributed by atoms with Gasteiger partial charge in [0.05, 0.1) is 11.6 Å². The number of nitrogens with one attached hydrogen (secondary N) is 1. The SMILES string of the molecule is CC1(CNc2cc(Br)cc(C#N)c2)CCCS1. The van der Waals surface area contributed by atoms with Crippen molar-refractivity contribution in [2.45, 2.75) is 24.5 Å². The molecular weight excluding hydrogens is 296 g/mol. The first-order valence-corrected chi connectivity index (χ1v) is 7.48. The molecule has 2 nitrogen and oxygen atoms in total. The second kappa shape index (κ2) is 5.32. The molecule has 1 aromatic rings. The monoisotopic (exact) mass is 310 g/mol. The summed E-state index contributed by atoms with van der Waals surface area (Å²) in [7, 11) is 0. The van der Waals surface area contributed by atoms with E-state index in [0.29, 0.717) is 10.3 Å². The van der Waals surface area contributed by atoms with Crippen molar-refractivity contribution in [1.29, 1.82) is 5.26 Å². The highest BCUT2D eigenvalue weighted by molar-refractivity contribution is 9.10. The van der Waals surface area contributed by atoms with E-state index in [2.05, 4.69) is 34.2 Å². The smallest absolute Gasteiger partial charge is 0.0992 e. The van der Waals surface area contributed by atoms with Gasteiger partial charge < -0.3 is 5.32 Å². The summed E-state index contributed by atoms with van der Waals surface area (Å²) >= 11 is 5.46. The summed E-state index contributed by atoms with van der Waals surface area (Å²) < 4.78 is 1.29. The molecule has 1 aliphatic heterocycles. The fraction of sp³-hybridized carbons (Fsp3) is 0.462. The maximum atomic E-state index is 8.91. The number of anilines is 1. The Morgan fingerprint density at radius 2 is 2.35 bits per heavy atom. The van der Waals surface area contributed by atoms with Gasteiger partial charge in [0.15, 0.2) is 0 Å². The van der Waals surface area contributed by atoms with Gasteiger partial charge in [-0.2, -0.15) is 17.0 Å². The van der Waals surface area contributed by atoms with E-state index < -0.39 is 0 Å². The van der Waals surface area contributed by atoms with Gasteiger partial charge in [0, 0.05) is 21.5 Å². The summed E-state index contributed by atoms with van der Waals surface area (Å²) in [6, 6.07) is 7.92. The number of nitriles is 1. The van der Waals surface area contributed by atoms with Crippen molar-refractivity contribution in [3.8, 4) is 6.07 Å². The molecule has 4 heteroatoms. The van der Waals surface area contributed by atoms with Crippen LogP contribution in [-0.4, -0.2) is 17.0 Å². The van der Waals surface area contributed by atoms with Gasteiger partial charge in [0.25, 0.3) is 0 Å². The lowest BCUT2D eigenvalue weighted by molar-refractivity contribution is 0.635. The van der Waals surface area contributed by atoms with Crippen LogP contribution in [0.5, 0.6) is 0 Å². The molecule has 1 N–H and O–H groups in total. The van der Waals surface area contributed by atoms with E-state index in [4.69, 9.17) is 5.26 Å². The van der Waals surface area contributed by atoms with Gasteiger partial charge in [-0.15, -0.1) is 0 Å². The summed E-state index contributed by atoms with van der Waals surface area (Å²) in [5.41, 5.74) is 1.70. The molecule has 1 saturated heterocycles. The number of halogens is 1. The Balaban J connectivity index is 2.04. The maximum absolute atomic E-state index is 8.91. The van der Waals surface area contributed by atoms with Gasteiger partial charge in [-0.3, -0.25) is 0 Å². The highest BCUT2D eigenvalue weighted by Crippen LogP contribution is 2.37. The summed E-state index contributed by atoms with van der Waals surface area (Å²) in [4.78, 5) is 0. The van der Waals surface area contributed by atoms with Crippen molar-refractivity contribution in [2.75, 3.05) is 17.6 Å². The average Bonchev–Trinajstić information content (AvgIpc) is 2.73. The zero-order chi connectivity index (χ0) is 12.3. The molecule has 0 spiro atoms. The molecule has 0 aromatic heterocycles. The van der Waals surface area contributed by atoms with E-state index >= 15 is 0 Å². The van der Waals surface area contributed by atoms with Gasteiger partial charge in [0.2, 0.25) is 0 Å². The standard InChI is InChI=1S/C13H15BrN2S/c1-13(3-2-4-17-13)9-16-12-6-10(8-15)5-11(14)7-12/h5-7,16H,2-4,9H2,1H3. The van der Waals surface area contributed by atoms with Crippen LogP contribution >= 0.6 is 27.7 Å². The molecule has 0 radical (unpaired) electrons. The number of rotatable bonds is 3. The van der Waals surface area contributed by atoms with Crippen molar-refractivity contribution in [3.05, 3.63) is 28.2 Å². The van der Waals surface area contributed by atoms with E-state index in [1.807, 2.05) is 30.0 Å². The molecule has 0 bridgehead atoms. The Bertz CT molecular complexity index is 447. The molecule has 1 heterocycles. The molecule has 0 aliphatic carbocycles. The van der Waals surface area contributed by atoms with E-state index in [-0.39, 0.29) is 0 Å². The highest BCUT2D eigenvalue weighted by atomic mass is 79.9. The van der Waals surface area contributed by atoms with Crippen LogP contribution in [0, 0.1) is 11.3 Å². The van der Waals surface area contributed by atoms with E-state index in [1.54, 1.807) is 0 Å². The highest BCUT2D eigenvalue weighted by Gasteiger charge is 2.28.